The third-order valence-corrected chi connectivity index (χ3v) is 5.93. The molecule has 0 aliphatic heterocycles. The van der Waals surface area contributed by atoms with Crippen LogP contribution >= 0.6 is 23.1 Å². The van der Waals surface area contributed by atoms with Gasteiger partial charge < -0.3 is 0 Å². The van der Waals surface area contributed by atoms with Crippen molar-refractivity contribution < 1.29 is 8.42 Å². The van der Waals surface area contributed by atoms with Gasteiger partial charge in [-0.3, -0.25) is 0 Å². The zero-order valence-electron chi connectivity index (χ0n) is 12.8. The number of thiophene rings is 1. The Balaban J connectivity index is 2.21. The lowest BCUT2D eigenvalue weighted by atomic mass is 10.2. The molecule has 122 valence electrons. The normalized spacial score (nSPS) is 11.4. The second kappa shape index (κ2) is 6.39. The van der Waals surface area contributed by atoms with Crippen molar-refractivity contribution in [3.05, 3.63) is 41.4 Å². The maximum absolute atomic E-state index is 11.6. The molecule has 0 saturated carbocycles. The van der Waals surface area contributed by atoms with E-state index in [1.54, 1.807) is 10.7 Å². The van der Waals surface area contributed by atoms with E-state index < -0.39 is 9.84 Å². The van der Waals surface area contributed by atoms with E-state index in [-0.39, 0.29) is 4.90 Å². The number of nitrogens with zero attached hydrogens (tertiary/aromatic N) is 4. The summed E-state index contributed by atoms with van der Waals surface area (Å²) in [5.74, 6) is 0.461. The van der Waals surface area contributed by atoms with Gasteiger partial charge in [-0.2, -0.15) is 10.4 Å². The first-order chi connectivity index (χ1) is 11.5. The third kappa shape index (κ3) is 2.96. The highest BCUT2D eigenvalue weighted by molar-refractivity contribution is 7.98. The lowest BCUT2D eigenvalue weighted by molar-refractivity contribution is 0.601. The number of thioether (sulfide) groups is 1. The first kappa shape index (κ1) is 16.7. The van der Waals surface area contributed by atoms with Crippen molar-refractivity contribution in [1.82, 2.24) is 14.8 Å². The molecule has 0 atom stereocenters. The number of hydrogen-bond acceptors (Lipinski definition) is 7. The van der Waals surface area contributed by atoms with E-state index in [4.69, 9.17) is 0 Å². The molecule has 0 aliphatic rings. The third-order valence-electron chi connectivity index (χ3n) is 3.28. The van der Waals surface area contributed by atoms with Gasteiger partial charge in [-0.25, -0.2) is 18.1 Å². The van der Waals surface area contributed by atoms with E-state index in [2.05, 4.69) is 16.2 Å². The number of nitriles is 1. The molecule has 3 aromatic heterocycles. The van der Waals surface area contributed by atoms with Gasteiger partial charge in [0.1, 0.15) is 22.4 Å². The highest BCUT2D eigenvalue weighted by atomic mass is 32.2. The van der Waals surface area contributed by atoms with Gasteiger partial charge in [0.2, 0.25) is 0 Å². The Morgan fingerprint density at radius 3 is 2.62 bits per heavy atom. The summed E-state index contributed by atoms with van der Waals surface area (Å²) in [4.78, 5) is 5.25. The summed E-state index contributed by atoms with van der Waals surface area (Å²) in [5.41, 5.74) is 1.15. The Morgan fingerprint density at radius 2 is 2.12 bits per heavy atom. The van der Waals surface area contributed by atoms with Crippen LogP contribution in [0.4, 0.5) is 0 Å². The van der Waals surface area contributed by atoms with E-state index in [9.17, 15) is 13.7 Å². The molecule has 6 nitrogen and oxygen atoms in total. The summed E-state index contributed by atoms with van der Waals surface area (Å²) in [6.07, 6.45) is 4.29. The fourth-order valence-corrected chi connectivity index (χ4v) is 4.00. The number of hydrogen-bond donors (Lipinski definition) is 0. The molecular formula is C15H12N4O2S3. The monoisotopic (exact) mass is 376 g/mol. The molecule has 0 radical (unpaired) electrons. The van der Waals surface area contributed by atoms with Crippen LogP contribution in [0, 0.1) is 11.3 Å². The zero-order valence-corrected chi connectivity index (χ0v) is 15.2. The minimum Gasteiger partial charge on any atom is -0.236 e. The van der Waals surface area contributed by atoms with Gasteiger partial charge in [-0.05, 0) is 29.8 Å². The summed E-state index contributed by atoms with van der Waals surface area (Å²) in [6.45, 7) is 0. The van der Waals surface area contributed by atoms with Crippen LogP contribution in [-0.2, 0) is 9.84 Å². The van der Waals surface area contributed by atoms with Gasteiger partial charge in [0.05, 0.1) is 9.77 Å². The minimum atomic E-state index is -3.31. The molecule has 0 bridgehead atoms. The Kier molecular flexibility index (Phi) is 4.45. The molecule has 0 aliphatic carbocycles. The number of sulfone groups is 1. The maximum Gasteiger partial charge on any atom is 0.177 e. The molecule has 0 N–H and O–H groups in total. The standard InChI is InChI=1S/C15H12N4O2S3/c1-22-15-11(8-16)14(12-4-3-7-23-12)19(18-15)13-6-5-10(9-17-13)24(2,20)21/h3-7,9H,1-2H3. The van der Waals surface area contributed by atoms with Gasteiger partial charge in [0.25, 0.3) is 0 Å². The maximum atomic E-state index is 11.6. The van der Waals surface area contributed by atoms with Crippen LogP contribution in [0.2, 0.25) is 0 Å². The molecule has 3 aromatic rings. The number of pyridine rings is 1. The molecule has 0 saturated heterocycles. The van der Waals surface area contributed by atoms with E-state index in [1.165, 1.54) is 35.4 Å². The second-order valence-electron chi connectivity index (χ2n) is 4.86. The van der Waals surface area contributed by atoms with Crippen molar-refractivity contribution in [3.63, 3.8) is 0 Å². The van der Waals surface area contributed by atoms with Crippen molar-refractivity contribution in [3.8, 4) is 22.5 Å². The van der Waals surface area contributed by atoms with Crippen LogP contribution in [0.5, 0.6) is 0 Å². The highest BCUT2D eigenvalue weighted by Gasteiger charge is 2.21. The van der Waals surface area contributed by atoms with Gasteiger partial charge >= 0.3 is 0 Å². The van der Waals surface area contributed by atoms with Crippen LogP contribution in [-0.4, -0.2) is 35.7 Å². The Morgan fingerprint density at radius 1 is 1.33 bits per heavy atom. The van der Waals surface area contributed by atoms with Crippen LogP contribution in [0.3, 0.4) is 0 Å². The first-order valence-electron chi connectivity index (χ1n) is 6.73. The van der Waals surface area contributed by atoms with Crippen molar-refractivity contribution in [2.24, 2.45) is 0 Å². The van der Waals surface area contributed by atoms with Crippen LogP contribution in [0.1, 0.15) is 5.56 Å². The highest BCUT2D eigenvalue weighted by Crippen LogP contribution is 2.34. The van der Waals surface area contributed by atoms with Crippen molar-refractivity contribution in [2.75, 3.05) is 12.5 Å². The van der Waals surface area contributed by atoms with Crippen LogP contribution in [0.15, 0.2) is 45.8 Å². The van der Waals surface area contributed by atoms with E-state index in [1.807, 2.05) is 23.8 Å². The largest absolute Gasteiger partial charge is 0.236 e. The Bertz CT molecular complexity index is 1010. The topological polar surface area (TPSA) is 88.6 Å². The number of rotatable bonds is 4. The average molecular weight is 376 g/mol. The van der Waals surface area contributed by atoms with Crippen molar-refractivity contribution in [2.45, 2.75) is 9.92 Å². The van der Waals surface area contributed by atoms with E-state index >= 15 is 0 Å². The summed E-state index contributed by atoms with van der Waals surface area (Å²) < 4.78 is 24.7. The Hall–Kier alpha value is -2.15. The lowest BCUT2D eigenvalue weighted by Crippen LogP contribution is -2.04. The van der Waals surface area contributed by atoms with Gasteiger partial charge in [0, 0.05) is 12.5 Å². The molecule has 24 heavy (non-hydrogen) atoms. The number of aromatic nitrogens is 3. The summed E-state index contributed by atoms with van der Waals surface area (Å²) in [6, 6.07) is 9.10. The van der Waals surface area contributed by atoms with Crippen LogP contribution in [0.25, 0.3) is 16.4 Å². The molecule has 0 unspecified atom stereocenters. The predicted octanol–water partition coefficient (Wildman–Crippen LogP) is 2.99. The first-order valence-corrected chi connectivity index (χ1v) is 10.7. The molecule has 0 aromatic carbocycles. The molecule has 3 rings (SSSR count). The summed E-state index contributed by atoms with van der Waals surface area (Å²) >= 11 is 2.88. The van der Waals surface area contributed by atoms with E-state index in [0.29, 0.717) is 22.1 Å². The fourth-order valence-electron chi connectivity index (χ4n) is 2.17. The van der Waals surface area contributed by atoms with Crippen LogP contribution < -0.4 is 0 Å². The molecule has 9 heteroatoms. The molecule has 3 heterocycles. The van der Waals surface area contributed by atoms with Gasteiger partial charge in [0.15, 0.2) is 15.7 Å². The summed E-state index contributed by atoms with van der Waals surface area (Å²) in [7, 11) is -3.31. The van der Waals surface area contributed by atoms with E-state index in [0.717, 1.165) is 11.1 Å². The SMILES string of the molecule is CSc1nn(-c2ccc(S(C)(=O)=O)cn2)c(-c2cccs2)c1C#N. The van der Waals surface area contributed by atoms with Crippen molar-refractivity contribution in [1.29, 1.82) is 5.26 Å². The molecule has 0 amide bonds. The molecule has 0 fully saturated rings. The lowest BCUT2D eigenvalue weighted by Gasteiger charge is -2.06. The molecule has 0 spiro atoms. The predicted molar refractivity (Wildman–Crippen MR) is 94.3 cm³/mol. The Labute approximate surface area is 147 Å². The fraction of sp³-hybridized carbons (Fsp3) is 0.133. The summed E-state index contributed by atoms with van der Waals surface area (Å²) in [5, 5.41) is 16.5. The average Bonchev–Trinajstić information content (AvgIpc) is 3.20. The second-order valence-corrected chi connectivity index (χ2v) is 8.62. The zero-order chi connectivity index (χ0) is 17.3. The smallest absolute Gasteiger partial charge is 0.177 e. The quantitative estimate of drug-likeness (QED) is 0.650. The molecular weight excluding hydrogens is 364 g/mol. The van der Waals surface area contributed by atoms with Gasteiger partial charge in [-0.1, -0.05) is 6.07 Å². The van der Waals surface area contributed by atoms with Crippen molar-refractivity contribution >= 4 is 32.9 Å². The van der Waals surface area contributed by atoms with Gasteiger partial charge in [-0.15, -0.1) is 23.1 Å². The minimum absolute atomic E-state index is 0.140.